The van der Waals surface area contributed by atoms with E-state index in [1.165, 1.54) is 0 Å². The number of phenols is 1. The first-order valence-electron chi connectivity index (χ1n) is 8.21. The molecule has 0 bridgehead atoms. The molecule has 24 heavy (non-hydrogen) atoms. The lowest BCUT2D eigenvalue weighted by Gasteiger charge is -2.39. The average Bonchev–Trinajstić information content (AvgIpc) is 2.43. The number of hydrogen-bond acceptors (Lipinski definition) is 4. The summed E-state index contributed by atoms with van der Waals surface area (Å²) in [4.78, 5) is 14.1. The summed E-state index contributed by atoms with van der Waals surface area (Å²) < 4.78 is 5.88. The fraction of sp³-hybridized carbons (Fsp3) is 0.611. The van der Waals surface area contributed by atoms with Crippen molar-refractivity contribution in [2.75, 3.05) is 27.2 Å². The van der Waals surface area contributed by atoms with Crippen LogP contribution in [0, 0.1) is 5.41 Å². The fourth-order valence-corrected chi connectivity index (χ4v) is 1.69. The van der Waals surface area contributed by atoms with Gasteiger partial charge in [-0.25, -0.2) is 0 Å². The normalized spacial score (nSPS) is 12.3. The van der Waals surface area contributed by atoms with E-state index in [2.05, 4.69) is 26.1 Å². The molecule has 133 valence electrons. The van der Waals surface area contributed by atoms with Gasteiger partial charge in [0, 0.05) is 13.1 Å². The number of likely N-dealkylation sites (N-methyl/N-ethyl adjacent to an activating group) is 1. The van der Waals surface area contributed by atoms with Gasteiger partial charge in [0.05, 0.1) is 11.2 Å². The molecular formula is C18H30BN2O3. The third-order valence-corrected chi connectivity index (χ3v) is 4.41. The minimum absolute atomic E-state index is 0.0300. The third-order valence-electron chi connectivity index (χ3n) is 4.41. The van der Waals surface area contributed by atoms with E-state index in [0.717, 1.165) is 12.0 Å². The van der Waals surface area contributed by atoms with Gasteiger partial charge >= 0.3 is 7.48 Å². The van der Waals surface area contributed by atoms with Crippen molar-refractivity contribution in [3.63, 3.8) is 0 Å². The first-order chi connectivity index (χ1) is 10.9. The average molecular weight is 333 g/mol. The summed E-state index contributed by atoms with van der Waals surface area (Å²) >= 11 is 0. The van der Waals surface area contributed by atoms with Gasteiger partial charge in [-0.3, -0.25) is 4.79 Å². The molecule has 1 rings (SSSR count). The molecule has 0 unspecified atom stereocenters. The Balaban J connectivity index is 2.69. The Labute approximate surface area is 146 Å². The zero-order valence-electron chi connectivity index (χ0n) is 15.9. The van der Waals surface area contributed by atoms with Crippen LogP contribution in [0.25, 0.3) is 0 Å². The molecule has 0 saturated carbocycles. The monoisotopic (exact) mass is 333 g/mol. The van der Waals surface area contributed by atoms with Gasteiger partial charge in [-0.1, -0.05) is 26.8 Å². The molecule has 0 aliphatic heterocycles. The van der Waals surface area contributed by atoms with E-state index in [4.69, 9.17) is 4.65 Å². The smallest absolute Gasteiger partial charge is 0.330 e. The van der Waals surface area contributed by atoms with Crippen LogP contribution in [0.15, 0.2) is 18.2 Å². The second-order valence-corrected chi connectivity index (χ2v) is 7.83. The number of nitrogens with one attached hydrogen (secondary N) is 1. The van der Waals surface area contributed by atoms with E-state index >= 15 is 0 Å². The van der Waals surface area contributed by atoms with Crippen LogP contribution in [0.4, 0.5) is 0 Å². The van der Waals surface area contributed by atoms with Crippen molar-refractivity contribution in [2.24, 2.45) is 5.41 Å². The summed E-state index contributed by atoms with van der Waals surface area (Å²) in [5.41, 5.74) is 0.596. The molecule has 0 heterocycles. The molecule has 0 saturated heterocycles. The molecule has 1 aromatic carbocycles. The van der Waals surface area contributed by atoms with Crippen LogP contribution in [0.5, 0.6) is 5.75 Å². The van der Waals surface area contributed by atoms with Gasteiger partial charge < -0.3 is 20.0 Å². The Kier molecular flexibility index (Phi) is 6.87. The largest absolute Gasteiger partial charge is 0.507 e. The Morgan fingerprint density at radius 3 is 2.38 bits per heavy atom. The van der Waals surface area contributed by atoms with Crippen LogP contribution in [0.3, 0.4) is 0 Å². The maximum absolute atomic E-state index is 12.1. The Morgan fingerprint density at radius 1 is 1.25 bits per heavy atom. The first-order valence-corrected chi connectivity index (χ1v) is 8.21. The Bertz CT molecular complexity index is 566. The van der Waals surface area contributed by atoms with Gasteiger partial charge in [0.15, 0.2) is 0 Å². The topological polar surface area (TPSA) is 61.8 Å². The molecule has 0 aromatic heterocycles. The van der Waals surface area contributed by atoms with Gasteiger partial charge in [0.2, 0.25) is 0 Å². The highest BCUT2D eigenvalue weighted by Crippen LogP contribution is 2.32. The van der Waals surface area contributed by atoms with E-state index in [9.17, 15) is 9.90 Å². The SMILES string of the molecule is CN(C)CCNC(=O)c1ccc([B]OC(C)(C)C(C)(C)C)cc1O. The van der Waals surface area contributed by atoms with Crippen LogP contribution in [0.2, 0.25) is 0 Å². The Hall–Kier alpha value is -1.53. The quantitative estimate of drug-likeness (QED) is 0.747. The summed E-state index contributed by atoms with van der Waals surface area (Å²) in [6.07, 6.45) is 0. The van der Waals surface area contributed by atoms with Crippen molar-refractivity contribution in [1.82, 2.24) is 10.2 Å². The molecule has 0 aliphatic rings. The van der Waals surface area contributed by atoms with E-state index in [1.54, 1.807) is 25.7 Å². The number of carbonyl (C=O) groups excluding carboxylic acids is 1. The minimum atomic E-state index is -0.356. The van der Waals surface area contributed by atoms with Crippen molar-refractivity contribution in [2.45, 2.75) is 40.2 Å². The van der Waals surface area contributed by atoms with Gasteiger partial charge in [0.25, 0.3) is 5.91 Å². The van der Waals surface area contributed by atoms with Crippen LogP contribution < -0.4 is 10.8 Å². The standard InChI is InChI=1S/C18H30BN2O3/c1-17(2,3)18(4,5)24-19-13-8-9-14(15(22)12-13)16(23)20-10-11-21(6)7/h8-9,12,22H,10-11H2,1-7H3,(H,20,23). The Morgan fingerprint density at radius 2 is 1.88 bits per heavy atom. The van der Waals surface area contributed by atoms with Crippen LogP contribution in [-0.4, -0.2) is 56.2 Å². The molecule has 1 aromatic rings. The summed E-state index contributed by atoms with van der Waals surface area (Å²) in [5, 5.41) is 12.9. The summed E-state index contributed by atoms with van der Waals surface area (Å²) in [7, 11) is 5.50. The van der Waals surface area contributed by atoms with E-state index in [1.807, 2.05) is 32.8 Å². The van der Waals surface area contributed by atoms with Crippen molar-refractivity contribution in [3.8, 4) is 5.75 Å². The zero-order chi connectivity index (χ0) is 18.5. The predicted molar refractivity (Wildman–Crippen MR) is 99.0 cm³/mol. The molecule has 0 aliphatic carbocycles. The van der Waals surface area contributed by atoms with Crippen molar-refractivity contribution in [3.05, 3.63) is 23.8 Å². The number of aromatic hydroxyl groups is 1. The number of hydrogen-bond donors (Lipinski definition) is 2. The lowest BCUT2D eigenvalue weighted by atomic mass is 9.76. The molecule has 1 radical (unpaired) electrons. The third kappa shape index (κ3) is 5.84. The molecular weight excluding hydrogens is 303 g/mol. The number of rotatable bonds is 7. The van der Waals surface area contributed by atoms with E-state index < -0.39 is 0 Å². The van der Waals surface area contributed by atoms with Gasteiger partial charge in [-0.2, -0.15) is 0 Å². The lowest BCUT2D eigenvalue weighted by molar-refractivity contribution is 0.00503. The number of nitrogens with zero attached hydrogens (tertiary/aromatic N) is 1. The zero-order valence-corrected chi connectivity index (χ0v) is 15.9. The molecule has 0 atom stereocenters. The van der Waals surface area contributed by atoms with Crippen molar-refractivity contribution < 1.29 is 14.6 Å². The highest BCUT2D eigenvalue weighted by Gasteiger charge is 2.33. The second kappa shape index (κ2) is 8.03. The van der Waals surface area contributed by atoms with Crippen LogP contribution in [-0.2, 0) is 4.65 Å². The molecule has 5 nitrogen and oxygen atoms in total. The highest BCUT2D eigenvalue weighted by molar-refractivity contribution is 6.47. The molecule has 1 amide bonds. The number of carbonyl (C=O) groups is 1. The molecule has 2 N–H and O–H groups in total. The van der Waals surface area contributed by atoms with E-state index in [0.29, 0.717) is 6.54 Å². The second-order valence-electron chi connectivity index (χ2n) is 7.83. The minimum Gasteiger partial charge on any atom is -0.507 e. The number of phenolic OH excluding ortho intramolecular Hbond substituents is 1. The maximum Gasteiger partial charge on any atom is 0.330 e. The van der Waals surface area contributed by atoms with Crippen molar-refractivity contribution >= 4 is 18.9 Å². The van der Waals surface area contributed by atoms with Crippen LogP contribution in [0.1, 0.15) is 45.0 Å². The summed E-state index contributed by atoms with van der Waals surface area (Å²) in [6, 6.07) is 4.92. The van der Waals surface area contributed by atoms with Gasteiger partial charge in [0.1, 0.15) is 5.75 Å². The molecule has 6 heteroatoms. The number of benzene rings is 1. The predicted octanol–water partition coefficient (Wildman–Crippen LogP) is 1.77. The summed E-state index contributed by atoms with van der Waals surface area (Å²) in [5.74, 6) is -0.333. The summed E-state index contributed by atoms with van der Waals surface area (Å²) in [6.45, 7) is 11.7. The van der Waals surface area contributed by atoms with Gasteiger partial charge in [-0.15, -0.1) is 0 Å². The molecule has 0 spiro atoms. The highest BCUT2D eigenvalue weighted by atomic mass is 16.5. The van der Waals surface area contributed by atoms with Gasteiger partial charge in [-0.05, 0) is 51.0 Å². The molecule has 0 fully saturated rings. The maximum atomic E-state index is 12.1. The van der Waals surface area contributed by atoms with Crippen molar-refractivity contribution in [1.29, 1.82) is 0 Å². The fourth-order valence-electron chi connectivity index (χ4n) is 1.69. The number of amides is 1. The first kappa shape index (κ1) is 20.5. The van der Waals surface area contributed by atoms with E-state index in [-0.39, 0.29) is 28.2 Å². The lowest BCUT2D eigenvalue weighted by Crippen LogP contribution is -2.42. The van der Waals surface area contributed by atoms with Crippen LogP contribution >= 0.6 is 0 Å².